The van der Waals surface area contributed by atoms with Crippen molar-refractivity contribution in [3.63, 3.8) is 0 Å². The molecule has 1 aliphatic rings. The number of carbonyl (C=O) groups is 1. The summed E-state index contributed by atoms with van der Waals surface area (Å²) in [5.41, 5.74) is 1.59. The van der Waals surface area contributed by atoms with Crippen molar-refractivity contribution in [3.8, 4) is 0 Å². The first-order chi connectivity index (χ1) is 13.0. The Morgan fingerprint density at radius 2 is 1.93 bits per heavy atom. The predicted molar refractivity (Wildman–Crippen MR) is 111 cm³/mol. The highest BCUT2D eigenvalue weighted by Crippen LogP contribution is 2.32. The Morgan fingerprint density at radius 1 is 1.15 bits per heavy atom. The van der Waals surface area contributed by atoms with Crippen molar-refractivity contribution >= 4 is 49.9 Å². The van der Waals surface area contributed by atoms with Gasteiger partial charge in [-0.25, -0.2) is 0 Å². The number of benzene rings is 2. The van der Waals surface area contributed by atoms with E-state index in [-0.39, 0.29) is 23.3 Å². The molecule has 1 fully saturated rings. The largest absolute Gasteiger partial charge is 0.329 e. The van der Waals surface area contributed by atoms with Gasteiger partial charge in [-0.3, -0.25) is 9.59 Å². The average Bonchev–Trinajstić information content (AvgIpc) is 3.14. The molecule has 2 heterocycles. The molecule has 2 atom stereocenters. The summed E-state index contributed by atoms with van der Waals surface area (Å²) in [6, 6.07) is 13.0. The van der Waals surface area contributed by atoms with E-state index in [2.05, 4.69) is 31.5 Å². The van der Waals surface area contributed by atoms with Crippen LogP contribution in [-0.4, -0.2) is 24.0 Å². The fourth-order valence-electron chi connectivity index (χ4n) is 3.55. The van der Waals surface area contributed by atoms with Gasteiger partial charge >= 0.3 is 0 Å². The van der Waals surface area contributed by atoms with Gasteiger partial charge in [-0.05, 0) is 57.2 Å². The minimum absolute atomic E-state index is 0.0511. The van der Waals surface area contributed by atoms with Crippen LogP contribution in [0.4, 0.5) is 5.69 Å². The van der Waals surface area contributed by atoms with Crippen LogP contribution in [0.25, 0.3) is 10.8 Å². The number of halogens is 2. The molecule has 7 heteroatoms. The van der Waals surface area contributed by atoms with E-state index in [0.717, 1.165) is 17.5 Å². The first-order valence-electron chi connectivity index (χ1n) is 8.61. The Morgan fingerprint density at radius 3 is 2.70 bits per heavy atom. The van der Waals surface area contributed by atoms with Crippen LogP contribution in [0.5, 0.6) is 0 Å². The van der Waals surface area contributed by atoms with E-state index in [1.54, 1.807) is 12.3 Å². The fraction of sp³-hybridized carbons (Fsp3) is 0.200. The second-order valence-corrected chi connectivity index (χ2v) is 7.93. The number of aromatic amines is 1. The molecule has 3 aromatic rings. The quantitative estimate of drug-likeness (QED) is 0.571. The van der Waals surface area contributed by atoms with Gasteiger partial charge in [0.25, 0.3) is 5.56 Å². The van der Waals surface area contributed by atoms with E-state index in [1.807, 2.05) is 36.4 Å². The first kappa shape index (κ1) is 18.2. The average molecular weight is 447 g/mol. The molecular weight excluding hydrogens is 430 g/mol. The van der Waals surface area contributed by atoms with Crippen LogP contribution in [0.3, 0.4) is 0 Å². The summed E-state index contributed by atoms with van der Waals surface area (Å²) in [7, 11) is 0. The molecular formula is C20H17BrClN3O2. The normalized spacial score (nSPS) is 19.3. The van der Waals surface area contributed by atoms with Gasteiger partial charge in [0.2, 0.25) is 5.91 Å². The summed E-state index contributed by atoms with van der Waals surface area (Å²) in [6.07, 6.45) is 1.60. The van der Waals surface area contributed by atoms with Gasteiger partial charge in [0.15, 0.2) is 0 Å². The molecule has 27 heavy (non-hydrogen) atoms. The molecule has 1 amide bonds. The molecule has 1 saturated heterocycles. The number of pyridine rings is 1. The predicted octanol–water partition coefficient (Wildman–Crippen LogP) is 3.89. The van der Waals surface area contributed by atoms with Gasteiger partial charge < -0.3 is 15.6 Å². The van der Waals surface area contributed by atoms with Gasteiger partial charge in [-0.15, -0.1) is 0 Å². The third-order valence-corrected chi connectivity index (χ3v) is 5.88. The first-order valence-corrected chi connectivity index (χ1v) is 9.78. The maximum absolute atomic E-state index is 13.0. The Hall–Kier alpha value is -2.15. The van der Waals surface area contributed by atoms with Gasteiger partial charge in [0.1, 0.15) is 0 Å². The highest BCUT2D eigenvalue weighted by Gasteiger charge is 2.34. The van der Waals surface area contributed by atoms with Crippen molar-refractivity contribution in [1.82, 2.24) is 10.3 Å². The van der Waals surface area contributed by atoms with E-state index in [9.17, 15) is 9.59 Å². The van der Waals surface area contributed by atoms with Crippen molar-refractivity contribution < 1.29 is 4.79 Å². The zero-order chi connectivity index (χ0) is 19.0. The number of anilines is 1. The van der Waals surface area contributed by atoms with Crippen LogP contribution in [0.1, 0.15) is 11.5 Å². The number of rotatable bonds is 3. The van der Waals surface area contributed by atoms with Crippen LogP contribution in [-0.2, 0) is 4.79 Å². The lowest BCUT2D eigenvalue weighted by atomic mass is 9.88. The lowest BCUT2D eigenvalue weighted by molar-refractivity contribution is -0.119. The zero-order valence-corrected chi connectivity index (χ0v) is 16.6. The second-order valence-electron chi connectivity index (χ2n) is 6.64. The fourth-order valence-corrected chi connectivity index (χ4v) is 4.11. The topological polar surface area (TPSA) is 74.0 Å². The molecule has 0 spiro atoms. The minimum atomic E-state index is -0.187. The highest BCUT2D eigenvalue weighted by molar-refractivity contribution is 9.10. The maximum atomic E-state index is 13.0. The number of nitrogens with one attached hydrogen (secondary N) is 3. The lowest BCUT2D eigenvalue weighted by Gasteiger charge is -2.19. The van der Waals surface area contributed by atoms with E-state index >= 15 is 0 Å². The van der Waals surface area contributed by atoms with Crippen LogP contribution in [0, 0.1) is 5.92 Å². The minimum Gasteiger partial charge on any atom is -0.329 e. The Balaban J connectivity index is 1.60. The van der Waals surface area contributed by atoms with Gasteiger partial charge in [-0.2, -0.15) is 0 Å². The summed E-state index contributed by atoms with van der Waals surface area (Å²) < 4.78 is 0.675. The Labute approximate surface area is 169 Å². The molecule has 0 radical (unpaired) electrons. The van der Waals surface area contributed by atoms with Crippen molar-refractivity contribution in [2.45, 2.75) is 5.92 Å². The molecule has 5 nitrogen and oxygen atoms in total. The zero-order valence-electron chi connectivity index (χ0n) is 14.3. The smallest absolute Gasteiger partial charge is 0.255 e. The van der Waals surface area contributed by atoms with E-state index < -0.39 is 0 Å². The van der Waals surface area contributed by atoms with E-state index in [0.29, 0.717) is 27.1 Å². The lowest BCUT2D eigenvalue weighted by Crippen LogP contribution is -2.28. The third-order valence-electron chi connectivity index (χ3n) is 4.97. The molecule has 0 unspecified atom stereocenters. The van der Waals surface area contributed by atoms with Crippen molar-refractivity contribution in [2.75, 3.05) is 18.4 Å². The van der Waals surface area contributed by atoms with Gasteiger partial charge in [-0.1, -0.05) is 23.7 Å². The number of hydrogen-bond donors (Lipinski definition) is 3. The van der Waals surface area contributed by atoms with Gasteiger partial charge in [0, 0.05) is 40.1 Å². The maximum Gasteiger partial charge on any atom is 0.255 e. The standard InChI is InChI=1S/C20H17BrClN3O2/c21-17-8-14-12(5-6-24-19(14)26)7-18(17)25-20(27)16-10-23-9-15(16)11-1-3-13(22)4-2-11/h1-8,15-16,23H,9-10H2,(H,24,26)(H,25,27)/t15-,16+/m1/s1. The molecule has 1 aromatic heterocycles. The van der Waals surface area contributed by atoms with Crippen LogP contribution in [0.15, 0.2) is 57.9 Å². The number of carbonyl (C=O) groups excluding carboxylic acids is 1. The number of aromatic nitrogens is 1. The number of H-pyrrole nitrogens is 1. The van der Waals surface area contributed by atoms with Crippen molar-refractivity contribution in [1.29, 1.82) is 0 Å². The molecule has 138 valence electrons. The van der Waals surface area contributed by atoms with Crippen molar-refractivity contribution in [3.05, 3.63) is 74.1 Å². The molecule has 1 aliphatic heterocycles. The SMILES string of the molecule is O=C(Nc1cc2cc[nH]c(=O)c2cc1Br)[C@H]1CNC[C@@H]1c1ccc(Cl)cc1. The molecule has 4 rings (SSSR count). The van der Waals surface area contributed by atoms with Crippen LogP contribution >= 0.6 is 27.5 Å². The molecule has 0 saturated carbocycles. The Bertz CT molecular complexity index is 1070. The summed E-state index contributed by atoms with van der Waals surface area (Å²) in [5, 5.41) is 8.34. The van der Waals surface area contributed by atoms with Crippen LogP contribution in [0.2, 0.25) is 5.02 Å². The number of hydrogen-bond acceptors (Lipinski definition) is 3. The highest BCUT2D eigenvalue weighted by atomic mass is 79.9. The summed E-state index contributed by atoms with van der Waals surface area (Å²) in [4.78, 5) is 27.5. The van der Waals surface area contributed by atoms with Crippen LogP contribution < -0.4 is 16.2 Å². The summed E-state index contributed by atoms with van der Waals surface area (Å²) in [6.45, 7) is 1.36. The third kappa shape index (κ3) is 3.65. The molecule has 0 aliphatic carbocycles. The molecule has 3 N–H and O–H groups in total. The number of fused-ring (bicyclic) bond motifs is 1. The monoisotopic (exact) mass is 445 g/mol. The summed E-state index contributed by atoms with van der Waals surface area (Å²) in [5.74, 6) is -0.151. The van der Waals surface area contributed by atoms with Crippen molar-refractivity contribution in [2.24, 2.45) is 5.92 Å². The molecule has 0 bridgehead atoms. The Kier molecular flexibility index (Phi) is 5.04. The van der Waals surface area contributed by atoms with E-state index in [1.165, 1.54) is 0 Å². The second kappa shape index (κ2) is 7.46. The van der Waals surface area contributed by atoms with Gasteiger partial charge in [0.05, 0.1) is 11.6 Å². The summed E-state index contributed by atoms with van der Waals surface area (Å²) >= 11 is 9.44. The van der Waals surface area contributed by atoms with E-state index in [4.69, 9.17) is 11.6 Å². The molecule has 2 aromatic carbocycles. The number of amides is 1.